The largest absolute Gasteiger partial charge is 0.444 e. The number of carbonyl (C=O) groups excluding carboxylic acids is 1. The molecule has 124 valence electrons. The first-order valence-electron chi connectivity index (χ1n) is 7.73. The lowest BCUT2D eigenvalue weighted by Crippen LogP contribution is -2.44. The van der Waals surface area contributed by atoms with E-state index in [0.717, 1.165) is 38.9 Å². The molecular formula is C15H30N2O3S. The topological polar surface area (TPSA) is 58.6 Å². The molecule has 0 bridgehead atoms. The van der Waals surface area contributed by atoms with Gasteiger partial charge in [0.2, 0.25) is 0 Å². The van der Waals surface area contributed by atoms with Gasteiger partial charge in [0, 0.05) is 41.4 Å². The number of carbonyl (C=O) groups is 1. The fourth-order valence-electron chi connectivity index (χ4n) is 2.35. The van der Waals surface area contributed by atoms with E-state index in [-0.39, 0.29) is 17.4 Å². The van der Waals surface area contributed by atoms with Crippen molar-refractivity contribution >= 4 is 16.9 Å². The van der Waals surface area contributed by atoms with Crippen molar-refractivity contribution in [2.45, 2.75) is 63.9 Å². The number of ether oxygens (including phenoxy) is 1. The Balaban J connectivity index is 2.34. The second-order valence-corrected chi connectivity index (χ2v) is 8.57. The fraction of sp³-hybridized carbons (Fsp3) is 0.933. The van der Waals surface area contributed by atoms with Crippen LogP contribution in [-0.2, 0) is 15.5 Å². The molecule has 1 aliphatic heterocycles. The molecule has 0 aliphatic carbocycles. The first-order chi connectivity index (χ1) is 9.70. The highest BCUT2D eigenvalue weighted by atomic mass is 32.2. The maximum Gasteiger partial charge on any atom is 0.410 e. The molecule has 0 spiro atoms. The minimum Gasteiger partial charge on any atom is -0.444 e. The Bertz CT molecular complexity index is 368. The Morgan fingerprint density at radius 3 is 2.71 bits per heavy atom. The summed E-state index contributed by atoms with van der Waals surface area (Å²) in [7, 11) is -0.766. The van der Waals surface area contributed by atoms with Crippen molar-refractivity contribution in [1.29, 1.82) is 0 Å². The lowest BCUT2D eigenvalue weighted by Gasteiger charge is -2.28. The molecular weight excluding hydrogens is 288 g/mol. The van der Waals surface area contributed by atoms with E-state index >= 15 is 0 Å². The Labute approximate surface area is 131 Å². The molecule has 0 radical (unpaired) electrons. The second-order valence-electron chi connectivity index (χ2n) is 6.77. The van der Waals surface area contributed by atoms with Crippen LogP contribution in [0.2, 0.25) is 0 Å². The fourth-order valence-corrected chi connectivity index (χ4v) is 2.80. The quantitative estimate of drug-likeness (QED) is 0.762. The first-order valence-corrected chi connectivity index (χ1v) is 9.35. The van der Waals surface area contributed by atoms with Gasteiger partial charge in [-0.25, -0.2) is 4.79 Å². The summed E-state index contributed by atoms with van der Waals surface area (Å²) in [6.07, 6.45) is 4.46. The predicted octanol–water partition coefficient (Wildman–Crippen LogP) is 2.13. The van der Waals surface area contributed by atoms with Gasteiger partial charge in [-0.15, -0.1) is 0 Å². The van der Waals surface area contributed by atoms with E-state index in [2.05, 4.69) is 5.32 Å². The number of rotatable bonds is 6. The highest BCUT2D eigenvalue weighted by Gasteiger charge is 2.31. The lowest BCUT2D eigenvalue weighted by atomic mass is 10.2. The smallest absolute Gasteiger partial charge is 0.410 e. The van der Waals surface area contributed by atoms with Gasteiger partial charge < -0.3 is 15.0 Å². The van der Waals surface area contributed by atoms with Gasteiger partial charge in [0.05, 0.1) is 0 Å². The second kappa shape index (κ2) is 8.13. The van der Waals surface area contributed by atoms with Crippen LogP contribution in [0.5, 0.6) is 0 Å². The van der Waals surface area contributed by atoms with Gasteiger partial charge in [-0.2, -0.15) is 0 Å². The molecule has 0 aromatic carbocycles. The molecule has 3 atom stereocenters. The van der Waals surface area contributed by atoms with E-state index in [1.807, 2.05) is 32.6 Å². The molecule has 0 aromatic rings. The molecule has 21 heavy (non-hydrogen) atoms. The summed E-state index contributed by atoms with van der Waals surface area (Å²) in [5.41, 5.74) is -0.446. The highest BCUT2D eigenvalue weighted by molar-refractivity contribution is 7.84. The first kappa shape index (κ1) is 18.4. The standard InChI is InChI=1S/C15H30N2O3S/c1-12(21(5)19)8-9-16-11-13-7-6-10-17(13)14(18)20-15(2,3)4/h12-13,16H,6-11H2,1-5H3. The molecule has 5 nitrogen and oxygen atoms in total. The Morgan fingerprint density at radius 1 is 1.48 bits per heavy atom. The third-order valence-corrected chi connectivity index (χ3v) is 5.05. The van der Waals surface area contributed by atoms with E-state index in [4.69, 9.17) is 4.74 Å². The molecule has 1 saturated heterocycles. The van der Waals surface area contributed by atoms with Crippen molar-refractivity contribution in [2.24, 2.45) is 0 Å². The third kappa shape index (κ3) is 6.78. The van der Waals surface area contributed by atoms with Crippen LogP contribution in [-0.4, -0.2) is 58.0 Å². The normalized spacial score (nSPS) is 22.1. The molecule has 0 aromatic heterocycles. The zero-order valence-electron chi connectivity index (χ0n) is 14.0. The van der Waals surface area contributed by atoms with E-state index < -0.39 is 16.4 Å². The molecule has 1 heterocycles. The van der Waals surface area contributed by atoms with Crippen molar-refractivity contribution in [3.8, 4) is 0 Å². The highest BCUT2D eigenvalue weighted by Crippen LogP contribution is 2.20. The summed E-state index contributed by atoms with van der Waals surface area (Å²) >= 11 is 0. The maximum absolute atomic E-state index is 12.1. The van der Waals surface area contributed by atoms with Gasteiger partial charge in [-0.1, -0.05) is 6.92 Å². The number of nitrogens with zero attached hydrogens (tertiary/aromatic N) is 1. The van der Waals surface area contributed by atoms with Crippen molar-refractivity contribution in [3.05, 3.63) is 0 Å². The Kier molecular flexibility index (Phi) is 7.13. The monoisotopic (exact) mass is 318 g/mol. The van der Waals surface area contributed by atoms with Crippen LogP contribution >= 0.6 is 0 Å². The molecule has 6 heteroatoms. The average Bonchev–Trinajstić information content (AvgIpc) is 2.80. The van der Waals surface area contributed by atoms with Crippen LogP contribution in [0.1, 0.15) is 47.0 Å². The van der Waals surface area contributed by atoms with Crippen LogP contribution < -0.4 is 5.32 Å². The molecule has 1 amide bonds. The van der Waals surface area contributed by atoms with Crippen molar-refractivity contribution < 1.29 is 13.7 Å². The number of likely N-dealkylation sites (tertiary alicyclic amines) is 1. The van der Waals surface area contributed by atoms with Crippen LogP contribution in [0.3, 0.4) is 0 Å². The lowest BCUT2D eigenvalue weighted by molar-refractivity contribution is 0.0226. The minimum atomic E-state index is -0.766. The predicted molar refractivity (Wildman–Crippen MR) is 87.0 cm³/mol. The Hall–Kier alpha value is -0.620. The molecule has 1 N–H and O–H groups in total. The Morgan fingerprint density at radius 2 is 2.14 bits per heavy atom. The summed E-state index contributed by atoms with van der Waals surface area (Å²) in [5, 5.41) is 3.59. The summed E-state index contributed by atoms with van der Waals surface area (Å²) in [4.78, 5) is 14.0. The van der Waals surface area contributed by atoms with Gasteiger partial charge in [0.15, 0.2) is 0 Å². The molecule has 3 unspecified atom stereocenters. The van der Waals surface area contributed by atoms with E-state index in [1.54, 1.807) is 6.26 Å². The van der Waals surface area contributed by atoms with Gasteiger partial charge in [0.1, 0.15) is 5.60 Å². The van der Waals surface area contributed by atoms with Crippen molar-refractivity contribution in [3.63, 3.8) is 0 Å². The average molecular weight is 318 g/mol. The van der Waals surface area contributed by atoms with E-state index in [9.17, 15) is 9.00 Å². The number of amides is 1. The van der Waals surface area contributed by atoms with Crippen LogP contribution in [0, 0.1) is 0 Å². The van der Waals surface area contributed by atoms with Crippen molar-refractivity contribution in [1.82, 2.24) is 10.2 Å². The SMILES string of the molecule is CC(CCNCC1CCCN1C(=O)OC(C)(C)C)S(C)=O. The summed E-state index contributed by atoms with van der Waals surface area (Å²) in [5.74, 6) is 0. The summed E-state index contributed by atoms with van der Waals surface area (Å²) < 4.78 is 16.7. The summed E-state index contributed by atoms with van der Waals surface area (Å²) in [6.45, 7) is 10.1. The van der Waals surface area contributed by atoms with E-state index in [1.165, 1.54) is 0 Å². The van der Waals surface area contributed by atoms with Gasteiger partial charge in [-0.05, 0) is 46.6 Å². The van der Waals surface area contributed by atoms with Gasteiger partial charge in [0.25, 0.3) is 0 Å². The zero-order valence-corrected chi connectivity index (χ0v) is 14.8. The van der Waals surface area contributed by atoms with Crippen LogP contribution in [0.4, 0.5) is 4.79 Å². The van der Waals surface area contributed by atoms with Crippen LogP contribution in [0.15, 0.2) is 0 Å². The minimum absolute atomic E-state index is 0.210. The summed E-state index contributed by atoms with van der Waals surface area (Å²) in [6, 6.07) is 0.210. The molecule has 1 fully saturated rings. The zero-order chi connectivity index (χ0) is 16.0. The van der Waals surface area contributed by atoms with Crippen molar-refractivity contribution in [2.75, 3.05) is 25.9 Å². The van der Waals surface area contributed by atoms with Crippen LogP contribution in [0.25, 0.3) is 0 Å². The van der Waals surface area contributed by atoms with Gasteiger partial charge >= 0.3 is 6.09 Å². The van der Waals surface area contributed by atoms with Gasteiger partial charge in [-0.3, -0.25) is 4.21 Å². The molecule has 1 rings (SSSR count). The van der Waals surface area contributed by atoms with E-state index in [0.29, 0.717) is 0 Å². The molecule has 0 saturated carbocycles. The number of hydrogen-bond donors (Lipinski definition) is 1. The third-order valence-electron chi connectivity index (χ3n) is 3.68. The number of nitrogens with one attached hydrogen (secondary N) is 1. The maximum atomic E-state index is 12.1. The number of hydrogen-bond acceptors (Lipinski definition) is 4. The molecule has 1 aliphatic rings.